The van der Waals surface area contributed by atoms with Crippen LogP contribution in [0, 0.1) is 0 Å². The number of carbonyl (C=O) groups excluding carboxylic acids is 2. The van der Waals surface area contributed by atoms with Gasteiger partial charge < -0.3 is 9.64 Å². The minimum atomic E-state index is -0.428. The molecule has 116 valence electrons. The molecule has 7 heteroatoms. The van der Waals surface area contributed by atoms with Gasteiger partial charge in [-0.15, -0.1) is 0 Å². The third-order valence-electron chi connectivity index (χ3n) is 3.63. The van der Waals surface area contributed by atoms with Crippen molar-refractivity contribution in [2.24, 2.45) is 0 Å². The predicted octanol–water partition coefficient (Wildman–Crippen LogP) is 1.67. The molecule has 22 heavy (non-hydrogen) atoms. The fourth-order valence-electron chi connectivity index (χ4n) is 2.49. The van der Waals surface area contributed by atoms with Crippen molar-refractivity contribution in [1.82, 2.24) is 4.90 Å². The van der Waals surface area contributed by atoms with Crippen LogP contribution < -0.4 is 4.90 Å². The Hall–Kier alpha value is -1.44. The summed E-state index contributed by atoms with van der Waals surface area (Å²) in [6.45, 7) is 2.77. The molecule has 2 heterocycles. The number of nitrogens with zero attached hydrogens (tertiary/aromatic N) is 2. The number of imide groups is 1. The molecule has 2 aliphatic heterocycles. The van der Waals surface area contributed by atoms with Crippen molar-refractivity contribution in [2.75, 3.05) is 31.2 Å². The van der Waals surface area contributed by atoms with Crippen LogP contribution in [-0.4, -0.2) is 52.6 Å². The van der Waals surface area contributed by atoms with Crippen LogP contribution in [0.5, 0.6) is 0 Å². The fraction of sp³-hybridized carbons (Fsp3) is 0.400. The molecular weight excluding hydrogens is 320 g/mol. The molecule has 2 aliphatic rings. The van der Waals surface area contributed by atoms with E-state index in [2.05, 4.69) is 0 Å². The van der Waals surface area contributed by atoms with Crippen LogP contribution in [0.1, 0.15) is 6.42 Å². The highest BCUT2D eigenvalue weighted by Gasteiger charge is 2.41. The number of thiocarbonyl (C=S) groups is 1. The largest absolute Gasteiger partial charge is 0.378 e. The van der Waals surface area contributed by atoms with Crippen LogP contribution in [0.25, 0.3) is 0 Å². The van der Waals surface area contributed by atoms with Crippen LogP contribution in [0.2, 0.25) is 0 Å². The minimum Gasteiger partial charge on any atom is -0.378 e. The Morgan fingerprint density at radius 2 is 1.86 bits per heavy atom. The lowest BCUT2D eigenvalue weighted by Crippen LogP contribution is -2.39. The van der Waals surface area contributed by atoms with Gasteiger partial charge in [0, 0.05) is 19.5 Å². The molecule has 1 aromatic carbocycles. The van der Waals surface area contributed by atoms with Gasteiger partial charge >= 0.3 is 0 Å². The lowest BCUT2D eigenvalue weighted by atomic mass is 10.3. The summed E-state index contributed by atoms with van der Waals surface area (Å²) in [6.07, 6.45) is 0.197. The summed E-state index contributed by atoms with van der Waals surface area (Å²) >= 11 is 6.72. The molecule has 5 nitrogen and oxygen atoms in total. The average Bonchev–Trinajstić information content (AvgIpc) is 2.83. The molecule has 0 radical (unpaired) electrons. The van der Waals surface area contributed by atoms with Gasteiger partial charge in [0.05, 0.1) is 18.9 Å². The number of hydrogen-bond acceptors (Lipinski definition) is 5. The highest BCUT2D eigenvalue weighted by Crippen LogP contribution is 2.31. The predicted molar refractivity (Wildman–Crippen MR) is 89.9 cm³/mol. The van der Waals surface area contributed by atoms with Crippen LogP contribution in [-0.2, 0) is 14.3 Å². The number of anilines is 1. The lowest BCUT2D eigenvalue weighted by molar-refractivity contribution is -0.121. The van der Waals surface area contributed by atoms with Gasteiger partial charge in [0.25, 0.3) is 0 Å². The zero-order chi connectivity index (χ0) is 15.5. The highest BCUT2D eigenvalue weighted by molar-refractivity contribution is 8.23. The second kappa shape index (κ2) is 6.76. The van der Waals surface area contributed by atoms with Gasteiger partial charge in [0.15, 0.2) is 0 Å². The molecule has 1 atom stereocenters. The third kappa shape index (κ3) is 3.16. The standard InChI is InChI=1S/C15H16N2O3S2/c18-13-10-12(22-15(21)16-6-8-20-9-7-16)14(19)17(13)11-4-2-1-3-5-11/h1-5,12H,6-10H2/t12-/m1/s1. The Bertz CT molecular complexity index is 588. The van der Waals surface area contributed by atoms with Crippen molar-refractivity contribution >= 4 is 45.8 Å². The Balaban J connectivity index is 1.67. The van der Waals surface area contributed by atoms with E-state index >= 15 is 0 Å². The van der Waals surface area contributed by atoms with Crippen molar-refractivity contribution in [3.05, 3.63) is 30.3 Å². The van der Waals surface area contributed by atoms with Crippen LogP contribution in [0.4, 0.5) is 5.69 Å². The van der Waals surface area contributed by atoms with E-state index in [-0.39, 0.29) is 18.2 Å². The summed E-state index contributed by atoms with van der Waals surface area (Å²) in [5, 5.41) is -0.428. The minimum absolute atomic E-state index is 0.168. The fourth-order valence-corrected chi connectivity index (χ4v) is 4.02. The first-order valence-electron chi connectivity index (χ1n) is 7.12. The van der Waals surface area contributed by atoms with Gasteiger partial charge in [-0.1, -0.05) is 42.2 Å². The van der Waals surface area contributed by atoms with E-state index in [1.165, 1.54) is 16.7 Å². The van der Waals surface area contributed by atoms with E-state index in [0.717, 1.165) is 13.1 Å². The lowest BCUT2D eigenvalue weighted by Gasteiger charge is -2.29. The van der Waals surface area contributed by atoms with Crippen LogP contribution in [0.15, 0.2) is 30.3 Å². The Morgan fingerprint density at radius 3 is 2.55 bits per heavy atom. The van der Waals surface area contributed by atoms with E-state index in [4.69, 9.17) is 17.0 Å². The Morgan fingerprint density at radius 1 is 1.18 bits per heavy atom. The molecule has 0 saturated carbocycles. The first-order chi connectivity index (χ1) is 10.7. The number of para-hydroxylation sites is 1. The van der Waals surface area contributed by atoms with Crippen molar-refractivity contribution in [1.29, 1.82) is 0 Å². The summed E-state index contributed by atoms with van der Waals surface area (Å²) in [7, 11) is 0. The molecule has 0 unspecified atom stereocenters. The van der Waals surface area contributed by atoms with Crippen LogP contribution >= 0.6 is 24.0 Å². The van der Waals surface area contributed by atoms with E-state index in [9.17, 15) is 9.59 Å². The van der Waals surface area contributed by atoms with E-state index in [1.54, 1.807) is 12.1 Å². The molecule has 2 amide bonds. The maximum Gasteiger partial charge on any atom is 0.247 e. The normalized spacial score (nSPS) is 22.3. The topological polar surface area (TPSA) is 49.9 Å². The maximum absolute atomic E-state index is 12.5. The SMILES string of the molecule is O=C1C[C@@H](SC(=S)N2CCOCC2)C(=O)N1c1ccccc1. The molecule has 0 aliphatic carbocycles. The van der Waals surface area contributed by atoms with Crippen molar-refractivity contribution in [2.45, 2.75) is 11.7 Å². The molecule has 0 spiro atoms. The first-order valence-corrected chi connectivity index (χ1v) is 8.41. The first kappa shape index (κ1) is 15.5. The monoisotopic (exact) mass is 336 g/mol. The molecule has 0 bridgehead atoms. The summed E-state index contributed by atoms with van der Waals surface area (Å²) in [5.41, 5.74) is 0.623. The van der Waals surface area contributed by atoms with Crippen LogP contribution in [0.3, 0.4) is 0 Å². The van der Waals surface area contributed by atoms with Crippen molar-refractivity contribution in [3.63, 3.8) is 0 Å². The quantitative estimate of drug-likeness (QED) is 0.605. The number of amides is 2. The number of hydrogen-bond donors (Lipinski definition) is 0. The van der Waals surface area contributed by atoms with E-state index in [1.807, 2.05) is 23.1 Å². The molecule has 0 aromatic heterocycles. The van der Waals surface area contributed by atoms with E-state index in [0.29, 0.717) is 23.2 Å². The van der Waals surface area contributed by atoms with Crippen molar-refractivity contribution in [3.8, 4) is 0 Å². The smallest absolute Gasteiger partial charge is 0.247 e. The molecule has 2 fully saturated rings. The molecule has 0 N–H and O–H groups in total. The van der Waals surface area contributed by atoms with Gasteiger partial charge in [0.2, 0.25) is 11.8 Å². The number of ether oxygens (including phenoxy) is 1. The molecular formula is C15H16N2O3S2. The third-order valence-corrected chi connectivity index (χ3v) is 5.29. The molecule has 3 rings (SSSR count). The summed E-state index contributed by atoms with van der Waals surface area (Å²) in [6, 6.07) is 9.02. The molecule has 1 aromatic rings. The Labute approximate surface area is 138 Å². The number of rotatable bonds is 2. The zero-order valence-corrected chi connectivity index (χ0v) is 13.6. The maximum atomic E-state index is 12.5. The van der Waals surface area contributed by atoms with Gasteiger partial charge in [-0.25, -0.2) is 4.90 Å². The van der Waals surface area contributed by atoms with Gasteiger partial charge in [-0.05, 0) is 12.1 Å². The number of thioether (sulfide) groups is 1. The number of carbonyl (C=O) groups is 2. The van der Waals surface area contributed by atoms with E-state index < -0.39 is 5.25 Å². The summed E-state index contributed by atoms with van der Waals surface area (Å²) in [4.78, 5) is 28.0. The number of morpholine rings is 1. The van der Waals surface area contributed by atoms with Gasteiger partial charge in [-0.2, -0.15) is 0 Å². The second-order valence-electron chi connectivity index (χ2n) is 5.08. The van der Waals surface area contributed by atoms with Crippen molar-refractivity contribution < 1.29 is 14.3 Å². The summed E-state index contributed by atoms with van der Waals surface area (Å²) < 4.78 is 5.96. The molecule has 2 saturated heterocycles. The average molecular weight is 336 g/mol. The summed E-state index contributed by atoms with van der Waals surface area (Å²) in [5.74, 6) is -0.352. The second-order valence-corrected chi connectivity index (χ2v) is 6.92. The Kier molecular flexibility index (Phi) is 4.75. The highest BCUT2D eigenvalue weighted by atomic mass is 32.2. The number of benzene rings is 1. The zero-order valence-electron chi connectivity index (χ0n) is 11.9. The van der Waals surface area contributed by atoms with Gasteiger partial charge in [-0.3, -0.25) is 9.59 Å². The van der Waals surface area contributed by atoms with Gasteiger partial charge in [0.1, 0.15) is 9.57 Å².